The molecule has 0 unspecified atom stereocenters. The van der Waals surface area contributed by atoms with Gasteiger partial charge in [0, 0.05) is 43.4 Å². The number of piperazine rings is 1. The summed E-state index contributed by atoms with van der Waals surface area (Å²) in [6.45, 7) is 10.2. The highest BCUT2D eigenvalue weighted by atomic mass is 16.1. The Morgan fingerprint density at radius 3 is 2.59 bits per heavy atom. The van der Waals surface area contributed by atoms with Crippen molar-refractivity contribution in [2.24, 2.45) is 0 Å². The van der Waals surface area contributed by atoms with E-state index in [9.17, 15) is 4.79 Å². The molecule has 0 spiro atoms. The third-order valence-electron chi connectivity index (χ3n) is 3.70. The van der Waals surface area contributed by atoms with Crippen molar-refractivity contribution in [2.75, 3.05) is 36.4 Å². The molecular formula is C17H24N4O. The number of fused-ring (bicyclic) bond motifs is 1. The first-order valence-electron chi connectivity index (χ1n) is 7.84. The maximum absolute atomic E-state index is 10.5. The first kappa shape index (κ1) is 16.2. The van der Waals surface area contributed by atoms with Gasteiger partial charge in [0.2, 0.25) is 6.41 Å². The summed E-state index contributed by atoms with van der Waals surface area (Å²) >= 11 is 0. The van der Waals surface area contributed by atoms with Gasteiger partial charge in [0.05, 0.1) is 0 Å². The average Bonchev–Trinajstić information content (AvgIpc) is 2.57. The molecule has 3 rings (SSSR count). The number of hydrogen-bond acceptors (Lipinski definition) is 4. The molecule has 1 aliphatic rings. The zero-order valence-corrected chi connectivity index (χ0v) is 13.5. The van der Waals surface area contributed by atoms with Crippen LogP contribution in [0.15, 0.2) is 24.4 Å². The average molecular weight is 300 g/mol. The van der Waals surface area contributed by atoms with Gasteiger partial charge in [-0.3, -0.25) is 4.79 Å². The van der Waals surface area contributed by atoms with E-state index < -0.39 is 0 Å². The van der Waals surface area contributed by atoms with Gasteiger partial charge >= 0.3 is 0 Å². The van der Waals surface area contributed by atoms with Crippen LogP contribution in [-0.2, 0) is 4.79 Å². The van der Waals surface area contributed by atoms with Gasteiger partial charge in [-0.2, -0.15) is 0 Å². The second-order valence-corrected chi connectivity index (χ2v) is 5.05. The van der Waals surface area contributed by atoms with E-state index in [1.54, 1.807) is 6.20 Å². The van der Waals surface area contributed by atoms with Crippen molar-refractivity contribution in [1.29, 1.82) is 0 Å². The fourth-order valence-electron chi connectivity index (χ4n) is 2.68. The van der Waals surface area contributed by atoms with Crippen molar-refractivity contribution in [3.63, 3.8) is 0 Å². The minimum absolute atomic E-state index is 0.586. The van der Waals surface area contributed by atoms with Gasteiger partial charge in [-0.1, -0.05) is 13.8 Å². The van der Waals surface area contributed by atoms with Crippen LogP contribution in [-0.4, -0.2) is 37.6 Å². The lowest BCUT2D eigenvalue weighted by Gasteiger charge is -2.31. The molecule has 5 nitrogen and oxygen atoms in total. The van der Waals surface area contributed by atoms with Gasteiger partial charge in [-0.15, -0.1) is 0 Å². The third kappa shape index (κ3) is 3.54. The Morgan fingerprint density at radius 1 is 1.18 bits per heavy atom. The van der Waals surface area contributed by atoms with Crippen LogP contribution in [0.3, 0.4) is 0 Å². The second kappa shape index (κ2) is 7.75. The van der Waals surface area contributed by atoms with Crippen LogP contribution in [0.1, 0.15) is 19.4 Å². The summed E-state index contributed by atoms with van der Waals surface area (Å²) in [5.74, 6) is 0.586. The predicted molar refractivity (Wildman–Crippen MR) is 92.6 cm³/mol. The molecule has 2 heterocycles. The molecule has 118 valence electrons. The number of pyridine rings is 1. The van der Waals surface area contributed by atoms with E-state index in [1.165, 1.54) is 11.3 Å². The Balaban J connectivity index is 0.000000847. The van der Waals surface area contributed by atoms with E-state index in [-0.39, 0.29) is 0 Å². The van der Waals surface area contributed by atoms with Crippen LogP contribution in [0.4, 0.5) is 11.5 Å². The highest BCUT2D eigenvalue weighted by Gasteiger charge is 2.13. The normalized spacial score (nSPS) is 14.2. The monoisotopic (exact) mass is 300 g/mol. The summed E-state index contributed by atoms with van der Waals surface area (Å²) in [6.07, 6.45) is 2.45. The van der Waals surface area contributed by atoms with E-state index in [2.05, 4.69) is 39.6 Å². The molecule has 0 atom stereocenters. The predicted octanol–water partition coefficient (Wildman–Crippen LogP) is 2.55. The number of carbonyl (C=O) groups is 1. The number of rotatable bonds is 3. The summed E-state index contributed by atoms with van der Waals surface area (Å²) in [6, 6.07) is 6.26. The Kier molecular flexibility index (Phi) is 5.72. The van der Waals surface area contributed by atoms with Crippen molar-refractivity contribution in [3.05, 3.63) is 30.0 Å². The Hall–Kier alpha value is -2.14. The number of amides is 1. The topological polar surface area (TPSA) is 57.3 Å². The SMILES string of the molecule is CC.Cc1cc2cnc(NC=O)cc2cc1N1CCNCC1. The molecule has 1 saturated heterocycles. The van der Waals surface area contributed by atoms with Gasteiger partial charge in [-0.05, 0) is 36.1 Å². The van der Waals surface area contributed by atoms with Gasteiger partial charge in [0.1, 0.15) is 5.82 Å². The number of carbonyl (C=O) groups excluding carboxylic acids is 1. The minimum atomic E-state index is 0.586. The van der Waals surface area contributed by atoms with Crippen LogP contribution in [0, 0.1) is 6.92 Å². The summed E-state index contributed by atoms with van der Waals surface area (Å²) in [5.41, 5.74) is 2.53. The zero-order valence-electron chi connectivity index (χ0n) is 13.5. The number of hydrogen-bond donors (Lipinski definition) is 2. The van der Waals surface area contributed by atoms with E-state index in [0.717, 1.165) is 37.0 Å². The quantitative estimate of drug-likeness (QED) is 0.855. The van der Waals surface area contributed by atoms with Crippen molar-refractivity contribution in [3.8, 4) is 0 Å². The van der Waals surface area contributed by atoms with Crippen LogP contribution >= 0.6 is 0 Å². The minimum Gasteiger partial charge on any atom is -0.369 e. The highest BCUT2D eigenvalue weighted by Crippen LogP contribution is 2.27. The molecule has 1 fully saturated rings. The number of nitrogens with one attached hydrogen (secondary N) is 2. The maximum Gasteiger partial charge on any atom is 0.212 e. The lowest BCUT2D eigenvalue weighted by Crippen LogP contribution is -2.43. The van der Waals surface area contributed by atoms with Crippen molar-refractivity contribution in [2.45, 2.75) is 20.8 Å². The fraction of sp³-hybridized carbons (Fsp3) is 0.412. The van der Waals surface area contributed by atoms with Gasteiger partial charge in [0.25, 0.3) is 0 Å². The number of aryl methyl sites for hydroxylation is 1. The molecule has 0 saturated carbocycles. The largest absolute Gasteiger partial charge is 0.369 e. The molecule has 2 N–H and O–H groups in total. The third-order valence-corrected chi connectivity index (χ3v) is 3.70. The molecule has 2 aromatic rings. The van der Waals surface area contributed by atoms with Crippen LogP contribution in [0.25, 0.3) is 10.8 Å². The molecule has 0 radical (unpaired) electrons. The van der Waals surface area contributed by atoms with E-state index in [0.29, 0.717) is 12.2 Å². The van der Waals surface area contributed by atoms with Crippen molar-refractivity contribution >= 4 is 28.7 Å². The Morgan fingerprint density at radius 2 is 1.91 bits per heavy atom. The highest BCUT2D eigenvalue weighted by molar-refractivity contribution is 5.89. The van der Waals surface area contributed by atoms with Crippen LogP contribution < -0.4 is 15.5 Å². The first-order chi connectivity index (χ1) is 10.8. The molecular weight excluding hydrogens is 276 g/mol. The standard InChI is InChI=1S/C15H18N4O.C2H6/c1-11-6-13-9-17-15(18-10-20)8-12(13)7-14(11)19-4-2-16-3-5-19;1-2/h6-10,16H,2-5H2,1H3,(H,17,18,20);1-2H3. The van der Waals surface area contributed by atoms with E-state index >= 15 is 0 Å². The number of aromatic nitrogens is 1. The zero-order chi connectivity index (χ0) is 15.9. The molecule has 0 bridgehead atoms. The van der Waals surface area contributed by atoms with Crippen LogP contribution in [0.2, 0.25) is 0 Å². The van der Waals surface area contributed by atoms with Crippen molar-refractivity contribution in [1.82, 2.24) is 10.3 Å². The molecule has 1 aromatic heterocycles. The lowest BCUT2D eigenvalue weighted by atomic mass is 10.1. The number of anilines is 2. The Labute approximate surface area is 131 Å². The number of benzene rings is 1. The summed E-state index contributed by atoms with van der Waals surface area (Å²) in [7, 11) is 0. The van der Waals surface area contributed by atoms with E-state index in [4.69, 9.17) is 0 Å². The second-order valence-electron chi connectivity index (χ2n) is 5.05. The molecule has 1 aromatic carbocycles. The molecule has 0 aliphatic carbocycles. The maximum atomic E-state index is 10.5. The Bertz CT molecular complexity index is 636. The van der Waals surface area contributed by atoms with Crippen molar-refractivity contribution < 1.29 is 4.79 Å². The summed E-state index contributed by atoms with van der Waals surface area (Å²) in [5, 5.41) is 8.16. The first-order valence-corrected chi connectivity index (χ1v) is 7.84. The molecule has 1 amide bonds. The molecule has 5 heteroatoms. The number of nitrogens with zero attached hydrogens (tertiary/aromatic N) is 2. The fourth-order valence-corrected chi connectivity index (χ4v) is 2.68. The lowest BCUT2D eigenvalue weighted by molar-refractivity contribution is -0.105. The summed E-state index contributed by atoms with van der Waals surface area (Å²) in [4.78, 5) is 17.1. The van der Waals surface area contributed by atoms with Crippen LogP contribution in [0.5, 0.6) is 0 Å². The van der Waals surface area contributed by atoms with E-state index in [1.807, 2.05) is 19.9 Å². The summed E-state index contributed by atoms with van der Waals surface area (Å²) < 4.78 is 0. The van der Waals surface area contributed by atoms with Gasteiger partial charge in [-0.25, -0.2) is 4.98 Å². The van der Waals surface area contributed by atoms with Gasteiger partial charge in [0.15, 0.2) is 0 Å². The molecule has 1 aliphatic heterocycles. The molecule has 22 heavy (non-hydrogen) atoms. The van der Waals surface area contributed by atoms with Gasteiger partial charge < -0.3 is 15.5 Å². The smallest absolute Gasteiger partial charge is 0.212 e.